The van der Waals surface area contributed by atoms with Crippen LogP contribution in [-0.2, 0) is 21.4 Å². The molecule has 0 spiro atoms. The number of rotatable bonds is 9. The smallest absolute Gasteiger partial charge is 0.387 e. The number of carbonyl (C=O) groups is 1. The molecule has 0 aliphatic heterocycles. The highest BCUT2D eigenvalue weighted by Gasteiger charge is 2.11. The number of alkyl halides is 2. The summed E-state index contributed by atoms with van der Waals surface area (Å²) in [6.07, 6.45) is 2.88. The number of benzene rings is 2. The van der Waals surface area contributed by atoms with Gasteiger partial charge in [-0.15, -0.1) is 0 Å². The molecule has 1 amide bonds. The fourth-order valence-electron chi connectivity index (χ4n) is 2.24. The van der Waals surface area contributed by atoms with Crippen molar-refractivity contribution in [1.29, 1.82) is 0 Å². The molecule has 0 saturated heterocycles. The van der Waals surface area contributed by atoms with E-state index >= 15 is 0 Å². The molecule has 0 radical (unpaired) electrons. The molecule has 0 aliphatic rings. The second-order valence-electron chi connectivity index (χ2n) is 5.64. The van der Waals surface area contributed by atoms with E-state index in [2.05, 4.69) is 14.8 Å². The van der Waals surface area contributed by atoms with Gasteiger partial charge in [-0.1, -0.05) is 31.2 Å². The third kappa shape index (κ3) is 6.75. The maximum absolute atomic E-state index is 12.1. The van der Waals surface area contributed by atoms with Gasteiger partial charge in [-0.2, -0.15) is 8.78 Å². The summed E-state index contributed by atoms with van der Waals surface area (Å²) in [5.74, 6) is -0.304. The number of carbonyl (C=O) groups excluding carboxylic acids is 1. The number of ether oxygens (including phenoxy) is 1. The van der Waals surface area contributed by atoms with Gasteiger partial charge in [-0.25, -0.2) is 13.1 Å². The molecule has 0 heterocycles. The second-order valence-corrected chi connectivity index (χ2v) is 7.41. The van der Waals surface area contributed by atoms with Crippen LogP contribution in [0.2, 0.25) is 0 Å². The summed E-state index contributed by atoms with van der Waals surface area (Å²) < 4.78 is 54.6. The van der Waals surface area contributed by atoms with E-state index in [0.717, 1.165) is 5.56 Å². The third-order valence-corrected chi connectivity index (χ3v) is 5.13. The molecule has 28 heavy (non-hydrogen) atoms. The molecular formula is C19H20F2N2O4S. The summed E-state index contributed by atoms with van der Waals surface area (Å²) >= 11 is 0. The fraction of sp³-hybridized carbons (Fsp3) is 0.211. The molecule has 2 rings (SSSR count). The van der Waals surface area contributed by atoms with Crippen molar-refractivity contribution in [2.75, 3.05) is 6.54 Å². The summed E-state index contributed by atoms with van der Waals surface area (Å²) in [5, 5.41) is 2.66. The van der Waals surface area contributed by atoms with E-state index in [9.17, 15) is 22.0 Å². The maximum atomic E-state index is 12.1. The lowest BCUT2D eigenvalue weighted by Gasteiger charge is -2.06. The zero-order valence-corrected chi connectivity index (χ0v) is 15.9. The molecule has 0 bridgehead atoms. The molecule has 0 aromatic heterocycles. The van der Waals surface area contributed by atoms with Crippen molar-refractivity contribution >= 4 is 22.0 Å². The van der Waals surface area contributed by atoms with Crippen molar-refractivity contribution in [2.24, 2.45) is 0 Å². The highest BCUT2D eigenvalue weighted by Crippen LogP contribution is 2.15. The first-order chi connectivity index (χ1) is 13.3. The topological polar surface area (TPSA) is 84.5 Å². The van der Waals surface area contributed by atoms with Gasteiger partial charge in [-0.05, 0) is 41.5 Å². The Morgan fingerprint density at radius 3 is 2.32 bits per heavy atom. The molecular weight excluding hydrogens is 390 g/mol. The summed E-state index contributed by atoms with van der Waals surface area (Å²) in [5.41, 5.74) is 1.39. The van der Waals surface area contributed by atoms with Gasteiger partial charge in [-0.3, -0.25) is 4.79 Å². The Labute approximate surface area is 162 Å². The molecule has 150 valence electrons. The number of nitrogens with one attached hydrogen (secondary N) is 2. The van der Waals surface area contributed by atoms with Crippen LogP contribution in [0, 0.1) is 0 Å². The van der Waals surface area contributed by atoms with Crippen LogP contribution < -0.4 is 14.8 Å². The summed E-state index contributed by atoms with van der Waals surface area (Å²) in [6, 6.07) is 12.0. The van der Waals surface area contributed by atoms with Crippen molar-refractivity contribution in [3.05, 3.63) is 65.7 Å². The molecule has 0 saturated carbocycles. The summed E-state index contributed by atoms with van der Waals surface area (Å²) in [7, 11) is -3.51. The van der Waals surface area contributed by atoms with E-state index < -0.39 is 16.6 Å². The van der Waals surface area contributed by atoms with E-state index in [-0.39, 0.29) is 23.1 Å². The Bertz CT molecular complexity index is 912. The van der Waals surface area contributed by atoms with Crippen LogP contribution in [0.5, 0.6) is 5.75 Å². The minimum atomic E-state index is -3.51. The predicted molar refractivity (Wildman–Crippen MR) is 101 cm³/mol. The fourth-order valence-corrected chi connectivity index (χ4v) is 3.28. The zero-order chi connectivity index (χ0) is 20.6. The Hall–Kier alpha value is -2.78. The molecule has 9 heteroatoms. The van der Waals surface area contributed by atoms with Crippen LogP contribution in [0.15, 0.2) is 59.5 Å². The normalized spacial score (nSPS) is 11.7. The van der Waals surface area contributed by atoms with Crippen LogP contribution >= 0.6 is 0 Å². The van der Waals surface area contributed by atoms with Crippen molar-refractivity contribution < 1.29 is 26.7 Å². The minimum Gasteiger partial charge on any atom is -0.435 e. The highest BCUT2D eigenvalue weighted by molar-refractivity contribution is 7.89. The monoisotopic (exact) mass is 410 g/mol. The first-order valence-electron chi connectivity index (χ1n) is 8.39. The lowest BCUT2D eigenvalue weighted by Crippen LogP contribution is -2.23. The van der Waals surface area contributed by atoms with Crippen LogP contribution in [0.4, 0.5) is 8.78 Å². The molecule has 0 fully saturated rings. The van der Waals surface area contributed by atoms with Crippen molar-refractivity contribution in [3.8, 4) is 5.75 Å². The quantitative estimate of drug-likeness (QED) is 0.623. The lowest BCUT2D eigenvalue weighted by atomic mass is 10.2. The number of amides is 1. The molecule has 0 aliphatic carbocycles. The van der Waals surface area contributed by atoms with Crippen LogP contribution in [0.3, 0.4) is 0 Å². The van der Waals surface area contributed by atoms with Crippen molar-refractivity contribution in [1.82, 2.24) is 10.0 Å². The molecule has 2 N–H and O–H groups in total. The Balaban J connectivity index is 1.88. The molecule has 2 aromatic carbocycles. The third-order valence-electron chi connectivity index (χ3n) is 3.57. The zero-order valence-electron chi connectivity index (χ0n) is 15.1. The Morgan fingerprint density at radius 2 is 1.75 bits per heavy atom. The van der Waals surface area contributed by atoms with Gasteiger partial charge in [0.2, 0.25) is 15.9 Å². The first-order valence-corrected chi connectivity index (χ1v) is 9.88. The van der Waals surface area contributed by atoms with Gasteiger partial charge in [0.25, 0.3) is 0 Å². The number of halogens is 2. The van der Waals surface area contributed by atoms with Crippen LogP contribution in [-0.4, -0.2) is 27.5 Å². The lowest BCUT2D eigenvalue weighted by molar-refractivity contribution is -0.116. The average Bonchev–Trinajstić information content (AvgIpc) is 2.65. The van der Waals surface area contributed by atoms with Crippen LogP contribution in [0.25, 0.3) is 6.08 Å². The SMILES string of the molecule is CCNS(=O)(=O)c1ccc(/C=C/C(=O)NCc2ccc(OC(F)F)cc2)cc1. The Kier molecular flexibility index (Phi) is 7.65. The van der Waals surface area contributed by atoms with Crippen molar-refractivity contribution in [3.63, 3.8) is 0 Å². The molecule has 6 nitrogen and oxygen atoms in total. The highest BCUT2D eigenvalue weighted by atomic mass is 32.2. The van der Waals surface area contributed by atoms with Gasteiger partial charge in [0, 0.05) is 19.2 Å². The van der Waals surface area contributed by atoms with Gasteiger partial charge >= 0.3 is 6.61 Å². The number of hydrogen-bond acceptors (Lipinski definition) is 4. The van der Waals surface area contributed by atoms with Gasteiger partial charge in [0.1, 0.15) is 5.75 Å². The van der Waals surface area contributed by atoms with E-state index in [4.69, 9.17) is 0 Å². The van der Waals surface area contributed by atoms with Gasteiger partial charge < -0.3 is 10.1 Å². The number of sulfonamides is 1. The maximum Gasteiger partial charge on any atom is 0.387 e. The molecule has 2 aromatic rings. The largest absolute Gasteiger partial charge is 0.435 e. The van der Waals surface area contributed by atoms with Gasteiger partial charge in [0.05, 0.1) is 4.90 Å². The summed E-state index contributed by atoms with van der Waals surface area (Å²) in [4.78, 5) is 12.0. The number of hydrogen-bond donors (Lipinski definition) is 2. The van der Waals surface area contributed by atoms with E-state index in [1.807, 2.05) is 0 Å². The first kappa shape index (κ1) is 21.5. The predicted octanol–water partition coefficient (Wildman–Crippen LogP) is 2.92. The second kappa shape index (κ2) is 9.95. The molecule has 0 unspecified atom stereocenters. The summed E-state index contributed by atoms with van der Waals surface area (Å²) in [6.45, 7) is -0.670. The van der Waals surface area contributed by atoms with E-state index in [1.165, 1.54) is 30.3 Å². The van der Waals surface area contributed by atoms with Gasteiger partial charge in [0.15, 0.2) is 0 Å². The standard InChI is InChI=1S/C19H20F2N2O4S/c1-2-23-28(25,26)17-10-5-14(6-11-17)7-12-18(24)22-13-15-3-8-16(9-4-15)27-19(20)21/h3-12,19,23H,2,13H2,1H3,(H,22,24)/b12-7+. The minimum absolute atomic E-state index is 0.0459. The van der Waals surface area contributed by atoms with E-state index in [0.29, 0.717) is 12.1 Å². The van der Waals surface area contributed by atoms with Crippen LogP contribution in [0.1, 0.15) is 18.1 Å². The van der Waals surface area contributed by atoms with E-state index in [1.54, 1.807) is 37.3 Å². The average molecular weight is 410 g/mol. The molecule has 0 atom stereocenters. The van der Waals surface area contributed by atoms with Crippen molar-refractivity contribution in [2.45, 2.75) is 25.0 Å². The Morgan fingerprint density at radius 1 is 1.11 bits per heavy atom.